The van der Waals surface area contributed by atoms with E-state index in [1.165, 1.54) is 0 Å². The van der Waals surface area contributed by atoms with E-state index in [1.54, 1.807) is 30.3 Å². The van der Waals surface area contributed by atoms with Crippen LogP contribution in [0.25, 0.3) is 11.3 Å². The van der Waals surface area contributed by atoms with Gasteiger partial charge in [0.25, 0.3) is 0 Å². The van der Waals surface area contributed by atoms with E-state index in [-0.39, 0.29) is 0 Å². The Morgan fingerprint density at radius 2 is 1.65 bits per heavy atom. The Balaban J connectivity index is 2.58. The molecule has 5 heteroatoms. The van der Waals surface area contributed by atoms with E-state index in [4.69, 9.17) is 34.8 Å². The van der Waals surface area contributed by atoms with Crippen LogP contribution >= 0.6 is 34.8 Å². The molecule has 0 bridgehead atoms. The summed E-state index contributed by atoms with van der Waals surface area (Å²) < 4.78 is 0. The summed E-state index contributed by atoms with van der Waals surface area (Å²) in [5.74, 6) is 0. The summed E-state index contributed by atoms with van der Waals surface area (Å²) >= 11 is 17.8. The first-order chi connectivity index (χ1) is 8.11. The summed E-state index contributed by atoms with van der Waals surface area (Å²) in [6.45, 7) is 0. The zero-order chi connectivity index (χ0) is 12.4. The van der Waals surface area contributed by atoms with Crippen LogP contribution < -0.4 is 0 Å². The van der Waals surface area contributed by atoms with Crippen LogP contribution in [0.3, 0.4) is 0 Å². The summed E-state index contributed by atoms with van der Waals surface area (Å²) in [5.41, 5.74) is 1.54. The number of aldehydes is 1. The van der Waals surface area contributed by atoms with Crippen LogP contribution in [-0.2, 0) is 0 Å². The maximum Gasteiger partial charge on any atom is 0.168 e. The molecule has 0 atom stereocenters. The molecule has 0 saturated carbocycles. The van der Waals surface area contributed by atoms with Gasteiger partial charge in [0.1, 0.15) is 5.69 Å². The maximum absolute atomic E-state index is 10.7. The minimum atomic E-state index is 0.315. The Kier molecular flexibility index (Phi) is 3.67. The number of benzene rings is 1. The van der Waals surface area contributed by atoms with Crippen molar-refractivity contribution < 1.29 is 4.79 Å². The lowest BCUT2D eigenvalue weighted by molar-refractivity contribution is 0.111. The normalized spacial score (nSPS) is 10.3. The molecule has 0 radical (unpaired) electrons. The Bertz CT molecular complexity index is 584. The van der Waals surface area contributed by atoms with Crippen molar-refractivity contribution in [2.45, 2.75) is 0 Å². The molecule has 1 heterocycles. The van der Waals surface area contributed by atoms with Gasteiger partial charge in [0.05, 0.1) is 20.8 Å². The fourth-order valence-corrected chi connectivity index (χ4v) is 1.88. The predicted molar refractivity (Wildman–Crippen MR) is 70.1 cm³/mol. The molecule has 0 spiro atoms. The third kappa shape index (κ3) is 2.60. The molecule has 0 unspecified atom stereocenters. The van der Waals surface area contributed by atoms with E-state index < -0.39 is 0 Å². The average molecular weight is 287 g/mol. The minimum Gasteiger partial charge on any atom is -0.296 e. The van der Waals surface area contributed by atoms with Gasteiger partial charge in [-0.3, -0.25) is 4.79 Å². The number of carbonyl (C=O) groups excluding carboxylic acids is 1. The monoisotopic (exact) mass is 285 g/mol. The lowest BCUT2D eigenvalue weighted by Gasteiger charge is -2.05. The zero-order valence-electron chi connectivity index (χ0n) is 8.45. The number of pyridine rings is 1. The molecule has 17 heavy (non-hydrogen) atoms. The SMILES string of the molecule is O=Cc1ccc(Cl)c(-c2ccc(Cl)c(Cl)c2)n1. The van der Waals surface area contributed by atoms with Gasteiger partial charge in [-0.05, 0) is 24.3 Å². The Morgan fingerprint density at radius 1 is 0.941 bits per heavy atom. The van der Waals surface area contributed by atoms with Gasteiger partial charge in [0, 0.05) is 5.56 Å². The number of hydrogen-bond donors (Lipinski definition) is 0. The molecule has 0 N–H and O–H groups in total. The molecule has 2 nitrogen and oxygen atoms in total. The number of hydrogen-bond acceptors (Lipinski definition) is 2. The molecular weight excluding hydrogens is 280 g/mol. The summed E-state index contributed by atoms with van der Waals surface area (Å²) in [6, 6.07) is 8.24. The zero-order valence-corrected chi connectivity index (χ0v) is 10.7. The van der Waals surface area contributed by atoms with Crippen LogP contribution in [0.1, 0.15) is 10.5 Å². The summed E-state index contributed by atoms with van der Waals surface area (Å²) in [6.07, 6.45) is 0.664. The van der Waals surface area contributed by atoms with Crippen molar-refractivity contribution in [1.29, 1.82) is 0 Å². The topological polar surface area (TPSA) is 30.0 Å². The van der Waals surface area contributed by atoms with Crippen LogP contribution in [0.5, 0.6) is 0 Å². The van der Waals surface area contributed by atoms with Crippen molar-refractivity contribution in [2.24, 2.45) is 0 Å². The van der Waals surface area contributed by atoms with E-state index in [0.29, 0.717) is 38.3 Å². The molecule has 1 aromatic carbocycles. The highest BCUT2D eigenvalue weighted by Gasteiger charge is 2.08. The van der Waals surface area contributed by atoms with Gasteiger partial charge in [-0.25, -0.2) is 4.98 Å². The fourth-order valence-electron chi connectivity index (χ4n) is 1.37. The van der Waals surface area contributed by atoms with Crippen molar-refractivity contribution in [3.05, 3.63) is 51.1 Å². The van der Waals surface area contributed by atoms with Crippen LogP contribution in [-0.4, -0.2) is 11.3 Å². The van der Waals surface area contributed by atoms with Crippen LogP contribution in [0.4, 0.5) is 0 Å². The van der Waals surface area contributed by atoms with Crippen LogP contribution in [0, 0.1) is 0 Å². The first-order valence-electron chi connectivity index (χ1n) is 4.69. The Labute approximate surface area is 113 Å². The Morgan fingerprint density at radius 3 is 2.29 bits per heavy atom. The van der Waals surface area contributed by atoms with Gasteiger partial charge in [0.2, 0.25) is 0 Å². The molecule has 2 aromatic rings. The molecule has 0 aliphatic rings. The molecule has 0 amide bonds. The van der Waals surface area contributed by atoms with Crippen LogP contribution in [0.2, 0.25) is 15.1 Å². The summed E-state index contributed by atoms with van der Waals surface area (Å²) in [5, 5.41) is 1.32. The minimum absolute atomic E-state index is 0.315. The first kappa shape index (κ1) is 12.4. The molecule has 2 rings (SSSR count). The van der Waals surface area contributed by atoms with Crippen molar-refractivity contribution in [3.63, 3.8) is 0 Å². The van der Waals surface area contributed by atoms with E-state index in [1.807, 2.05) is 0 Å². The number of nitrogens with zero attached hydrogens (tertiary/aromatic N) is 1. The van der Waals surface area contributed by atoms with Gasteiger partial charge in [-0.2, -0.15) is 0 Å². The standard InChI is InChI=1S/C12H6Cl3NO/c13-9-3-1-7(5-11(9)15)12-10(14)4-2-8(6-17)16-12/h1-6H. The molecule has 0 saturated heterocycles. The second-order valence-corrected chi connectivity index (χ2v) is 4.53. The fraction of sp³-hybridized carbons (Fsp3) is 0. The third-order valence-electron chi connectivity index (χ3n) is 2.18. The van der Waals surface area contributed by atoms with Crippen molar-refractivity contribution in [2.75, 3.05) is 0 Å². The number of aromatic nitrogens is 1. The molecule has 0 fully saturated rings. The van der Waals surface area contributed by atoms with Gasteiger partial charge in [0.15, 0.2) is 6.29 Å². The highest BCUT2D eigenvalue weighted by atomic mass is 35.5. The number of halogens is 3. The largest absolute Gasteiger partial charge is 0.296 e. The smallest absolute Gasteiger partial charge is 0.168 e. The quantitative estimate of drug-likeness (QED) is 0.760. The average Bonchev–Trinajstić information content (AvgIpc) is 2.33. The van der Waals surface area contributed by atoms with Gasteiger partial charge >= 0.3 is 0 Å². The third-order valence-corrected chi connectivity index (χ3v) is 3.23. The molecule has 1 aromatic heterocycles. The first-order valence-corrected chi connectivity index (χ1v) is 5.82. The van der Waals surface area contributed by atoms with E-state index in [2.05, 4.69) is 4.98 Å². The van der Waals surface area contributed by atoms with Crippen molar-refractivity contribution in [1.82, 2.24) is 4.98 Å². The highest BCUT2D eigenvalue weighted by Crippen LogP contribution is 2.31. The van der Waals surface area contributed by atoms with E-state index in [0.717, 1.165) is 0 Å². The molecule has 0 aliphatic heterocycles. The second kappa shape index (κ2) is 5.05. The van der Waals surface area contributed by atoms with Gasteiger partial charge < -0.3 is 0 Å². The van der Waals surface area contributed by atoms with Gasteiger partial charge in [-0.15, -0.1) is 0 Å². The predicted octanol–water partition coefficient (Wildman–Crippen LogP) is 4.52. The van der Waals surface area contributed by atoms with Gasteiger partial charge in [-0.1, -0.05) is 40.9 Å². The second-order valence-electron chi connectivity index (χ2n) is 3.31. The molecule has 86 valence electrons. The Hall–Kier alpha value is -1.09. The van der Waals surface area contributed by atoms with Crippen LogP contribution in [0.15, 0.2) is 30.3 Å². The van der Waals surface area contributed by atoms with E-state index >= 15 is 0 Å². The lowest BCUT2D eigenvalue weighted by atomic mass is 10.1. The van der Waals surface area contributed by atoms with E-state index in [9.17, 15) is 4.79 Å². The van der Waals surface area contributed by atoms with Crippen molar-refractivity contribution >= 4 is 41.1 Å². The molecule has 0 aliphatic carbocycles. The summed E-state index contributed by atoms with van der Waals surface area (Å²) in [7, 11) is 0. The maximum atomic E-state index is 10.7. The number of rotatable bonds is 2. The summed E-state index contributed by atoms with van der Waals surface area (Å²) in [4.78, 5) is 14.8. The lowest BCUT2D eigenvalue weighted by Crippen LogP contribution is -1.91. The number of carbonyl (C=O) groups is 1. The van der Waals surface area contributed by atoms with Crippen molar-refractivity contribution in [3.8, 4) is 11.3 Å². The highest BCUT2D eigenvalue weighted by molar-refractivity contribution is 6.42. The molecular formula is C12H6Cl3NO.